The monoisotopic (exact) mass is 396 g/mol. The molecule has 1 N–H and O–H groups in total. The molecule has 5 nitrogen and oxygen atoms in total. The van der Waals surface area contributed by atoms with Gasteiger partial charge in [0.15, 0.2) is 11.6 Å². The number of nitrogens with one attached hydrogen (secondary N) is 1. The fourth-order valence-corrected chi connectivity index (χ4v) is 4.18. The minimum absolute atomic E-state index is 0.104. The molecule has 0 aliphatic carbocycles. The van der Waals surface area contributed by atoms with E-state index in [4.69, 9.17) is 0 Å². The lowest BCUT2D eigenvalue weighted by atomic mass is 10.2. The summed E-state index contributed by atoms with van der Waals surface area (Å²) < 4.78 is 53.0. The van der Waals surface area contributed by atoms with Gasteiger partial charge in [0.25, 0.3) is 5.91 Å². The van der Waals surface area contributed by atoms with Crippen molar-refractivity contribution in [1.82, 2.24) is 4.31 Å². The number of carbonyl (C=O) groups is 1. The number of hydrogen-bond acceptors (Lipinski definition) is 3. The molecule has 27 heavy (non-hydrogen) atoms. The molecule has 146 valence electrons. The van der Waals surface area contributed by atoms with Crippen molar-refractivity contribution in [3.8, 4) is 0 Å². The molecule has 0 saturated carbocycles. The third kappa shape index (κ3) is 5.11. The number of amides is 1. The SMILES string of the molecule is CCCN(CCC)S(=O)(=O)c1ccc(C(=O)Nc2ccc(F)c(F)c2)cc1. The van der Waals surface area contributed by atoms with Gasteiger partial charge in [0, 0.05) is 30.4 Å². The highest BCUT2D eigenvalue weighted by Crippen LogP contribution is 2.19. The number of benzene rings is 2. The van der Waals surface area contributed by atoms with Crippen LogP contribution in [0.3, 0.4) is 0 Å². The maximum atomic E-state index is 13.2. The third-order valence-corrected chi connectivity index (χ3v) is 5.79. The molecule has 0 heterocycles. The van der Waals surface area contributed by atoms with Gasteiger partial charge in [-0.05, 0) is 49.2 Å². The summed E-state index contributed by atoms with van der Waals surface area (Å²) in [7, 11) is -3.63. The van der Waals surface area contributed by atoms with Gasteiger partial charge in [-0.15, -0.1) is 0 Å². The van der Waals surface area contributed by atoms with Crippen LogP contribution in [0.1, 0.15) is 37.0 Å². The first-order valence-corrected chi connectivity index (χ1v) is 10.1. The minimum Gasteiger partial charge on any atom is -0.322 e. The van der Waals surface area contributed by atoms with E-state index in [-0.39, 0.29) is 16.1 Å². The van der Waals surface area contributed by atoms with Crippen molar-refractivity contribution in [2.75, 3.05) is 18.4 Å². The lowest BCUT2D eigenvalue weighted by molar-refractivity contribution is 0.102. The van der Waals surface area contributed by atoms with Crippen molar-refractivity contribution in [2.24, 2.45) is 0 Å². The van der Waals surface area contributed by atoms with E-state index in [1.54, 1.807) is 0 Å². The van der Waals surface area contributed by atoms with Crippen LogP contribution in [0.25, 0.3) is 0 Å². The smallest absolute Gasteiger partial charge is 0.255 e. The summed E-state index contributed by atoms with van der Waals surface area (Å²) in [5, 5.41) is 2.44. The maximum absolute atomic E-state index is 13.2. The number of sulfonamides is 1. The number of rotatable bonds is 8. The maximum Gasteiger partial charge on any atom is 0.255 e. The van der Waals surface area contributed by atoms with Crippen molar-refractivity contribution in [3.05, 3.63) is 59.7 Å². The van der Waals surface area contributed by atoms with Crippen molar-refractivity contribution < 1.29 is 22.0 Å². The van der Waals surface area contributed by atoms with Crippen LogP contribution in [0.4, 0.5) is 14.5 Å². The van der Waals surface area contributed by atoms with E-state index >= 15 is 0 Å². The van der Waals surface area contributed by atoms with Gasteiger partial charge in [-0.25, -0.2) is 17.2 Å². The van der Waals surface area contributed by atoms with E-state index in [0.717, 1.165) is 12.1 Å². The Morgan fingerprint density at radius 2 is 1.56 bits per heavy atom. The number of hydrogen-bond donors (Lipinski definition) is 1. The number of halogens is 2. The first-order valence-electron chi connectivity index (χ1n) is 8.66. The zero-order valence-corrected chi connectivity index (χ0v) is 16.0. The van der Waals surface area contributed by atoms with E-state index < -0.39 is 27.6 Å². The van der Waals surface area contributed by atoms with Crippen molar-refractivity contribution in [1.29, 1.82) is 0 Å². The second kappa shape index (κ2) is 9.05. The third-order valence-electron chi connectivity index (χ3n) is 3.88. The zero-order chi connectivity index (χ0) is 20.0. The summed E-state index contributed by atoms with van der Waals surface area (Å²) in [6.07, 6.45) is 1.40. The van der Waals surface area contributed by atoms with Crippen LogP contribution in [-0.4, -0.2) is 31.7 Å². The predicted molar refractivity (Wildman–Crippen MR) is 100 cm³/mol. The molecule has 8 heteroatoms. The van der Waals surface area contributed by atoms with E-state index in [1.165, 1.54) is 34.6 Å². The lowest BCUT2D eigenvalue weighted by Crippen LogP contribution is -2.32. The van der Waals surface area contributed by atoms with E-state index in [2.05, 4.69) is 5.32 Å². The molecule has 0 bridgehead atoms. The van der Waals surface area contributed by atoms with Gasteiger partial charge in [-0.1, -0.05) is 13.8 Å². The predicted octanol–water partition coefficient (Wildman–Crippen LogP) is 4.03. The van der Waals surface area contributed by atoms with E-state index in [0.29, 0.717) is 25.9 Å². The first-order chi connectivity index (χ1) is 12.8. The zero-order valence-electron chi connectivity index (χ0n) is 15.2. The van der Waals surface area contributed by atoms with Crippen LogP contribution in [-0.2, 0) is 10.0 Å². The molecule has 0 unspecified atom stereocenters. The van der Waals surface area contributed by atoms with Crippen LogP contribution in [0.5, 0.6) is 0 Å². The molecular formula is C19H22F2N2O3S. The molecule has 0 spiro atoms. The molecule has 0 atom stereocenters. The van der Waals surface area contributed by atoms with Gasteiger partial charge in [-0.2, -0.15) is 4.31 Å². The van der Waals surface area contributed by atoms with Crippen LogP contribution >= 0.6 is 0 Å². The van der Waals surface area contributed by atoms with Gasteiger partial charge in [-0.3, -0.25) is 4.79 Å². The summed E-state index contributed by atoms with van der Waals surface area (Å²) in [6.45, 7) is 4.66. The number of anilines is 1. The van der Waals surface area contributed by atoms with Crippen molar-refractivity contribution in [3.63, 3.8) is 0 Å². The highest BCUT2D eigenvalue weighted by molar-refractivity contribution is 7.89. The largest absolute Gasteiger partial charge is 0.322 e. The minimum atomic E-state index is -3.63. The molecule has 0 radical (unpaired) electrons. The molecule has 0 saturated heterocycles. The Morgan fingerprint density at radius 1 is 0.963 bits per heavy atom. The Balaban J connectivity index is 2.17. The summed E-state index contributed by atoms with van der Waals surface area (Å²) in [5.74, 6) is -2.63. The quantitative estimate of drug-likeness (QED) is 0.733. The van der Waals surface area contributed by atoms with Crippen LogP contribution in [0, 0.1) is 11.6 Å². The summed E-state index contributed by atoms with van der Waals surface area (Å²) >= 11 is 0. The second-order valence-corrected chi connectivity index (χ2v) is 7.95. The Hall–Kier alpha value is -2.32. The second-order valence-electron chi connectivity index (χ2n) is 6.01. The number of carbonyl (C=O) groups excluding carboxylic acids is 1. The summed E-state index contributed by atoms with van der Waals surface area (Å²) in [5.41, 5.74) is 0.309. The fraction of sp³-hybridized carbons (Fsp3) is 0.316. The summed E-state index contributed by atoms with van der Waals surface area (Å²) in [6, 6.07) is 8.54. The molecular weight excluding hydrogens is 374 g/mol. The highest BCUT2D eigenvalue weighted by atomic mass is 32.2. The lowest BCUT2D eigenvalue weighted by Gasteiger charge is -2.21. The molecule has 0 aromatic heterocycles. The Labute approximate surface area is 158 Å². The fourth-order valence-electron chi connectivity index (χ4n) is 2.56. The average Bonchev–Trinajstić information content (AvgIpc) is 2.64. The summed E-state index contributed by atoms with van der Waals surface area (Å²) in [4.78, 5) is 12.3. The van der Waals surface area contributed by atoms with E-state index in [1.807, 2.05) is 13.8 Å². The van der Waals surface area contributed by atoms with Gasteiger partial charge < -0.3 is 5.32 Å². The average molecular weight is 396 g/mol. The molecule has 1 amide bonds. The topological polar surface area (TPSA) is 66.5 Å². The van der Waals surface area contributed by atoms with Crippen LogP contribution in [0.2, 0.25) is 0 Å². The first kappa shape index (κ1) is 21.0. The molecule has 2 rings (SSSR count). The Bertz CT molecular complexity index is 894. The van der Waals surface area contributed by atoms with Crippen molar-refractivity contribution in [2.45, 2.75) is 31.6 Å². The standard InChI is InChI=1S/C19H22F2N2O3S/c1-3-11-23(12-4-2)27(25,26)16-8-5-14(6-9-16)19(24)22-15-7-10-17(20)18(21)13-15/h5-10,13H,3-4,11-12H2,1-2H3,(H,22,24). The van der Waals surface area contributed by atoms with Gasteiger partial charge in [0.05, 0.1) is 4.90 Å². The van der Waals surface area contributed by atoms with E-state index in [9.17, 15) is 22.0 Å². The Kier molecular flexibility index (Phi) is 7.04. The number of nitrogens with zero attached hydrogens (tertiary/aromatic N) is 1. The van der Waals surface area contributed by atoms with Crippen LogP contribution in [0.15, 0.2) is 47.4 Å². The van der Waals surface area contributed by atoms with Gasteiger partial charge in [0.2, 0.25) is 10.0 Å². The molecule has 0 fully saturated rings. The molecule has 0 aliphatic heterocycles. The van der Waals surface area contributed by atoms with Gasteiger partial charge >= 0.3 is 0 Å². The molecule has 2 aromatic rings. The normalized spacial score (nSPS) is 11.6. The molecule has 2 aromatic carbocycles. The molecule has 0 aliphatic rings. The van der Waals surface area contributed by atoms with Crippen molar-refractivity contribution >= 4 is 21.6 Å². The van der Waals surface area contributed by atoms with Crippen LogP contribution < -0.4 is 5.32 Å². The van der Waals surface area contributed by atoms with Gasteiger partial charge in [0.1, 0.15) is 0 Å². The Morgan fingerprint density at radius 3 is 2.07 bits per heavy atom. The highest BCUT2D eigenvalue weighted by Gasteiger charge is 2.23.